The van der Waals surface area contributed by atoms with E-state index >= 15 is 0 Å². The fraction of sp³-hybridized carbons (Fsp3) is 0.417. The lowest BCUT2D eigenvalue weighted by molar-refractivity contribution is 0.486. The minimum atomic E-state index is 0.683. The number of para-hydroxylation sites is 2. The summed E-state index contributed by atoms with van der Waals surface area (Å²) in [6, 6.07) is 8.28. The number of halogens is 1. The Balaban J connectivity index is 2.28. The third kappa shape index (κ3) is 2.23. The molecule has 1 atom stereocenters. The Morgan fingerprint density at radius 3 is 2.93 bits per heavy atom. The van der Waals surface area contributed by atoms with Gasteiger partial charge < -0.3 is 4.57 Å². The van der Waals surface area contributed by atoms with Gasteiger partial charge in [-0.2, -0.15) is 0 Å². The lowest BCUT2D eigenvalue weighted by atomic mass is 10.1. The lowest BCUT2D eigenvalue weighted by Crippen LogP contribution is -2.10. The first-order valence-electron chi connectivity index (χ1n) is 5.31. The van der Waals surface area contributed by atoms with Crippen LogP contribution < -0.4 is 0 Å². The number of hydrogen-bond donors (Lipinski definition) is 0. The summed E-state index contributed by atoms with van der Waals surface area (Å²) >= 11 is 3.55. The molecule has 0 amide bonds. The number of alkyl halides is 1. The molecule has 0 fully saturated rings. The van der Waals surface area contributed by atoms with Gasteiger partial charge in [0.15, 0.2) is 0 Å². The highest BCUT2D eigenvalue weighted by Gasteiger charge is 2.07. The Morgan fingerprint density at radius 2 is 2.20 bits per heavy atom. The monoisotopic (exact) mass is 266 g/mol. The Hall–Kier alpha value is -0.830. The van der Waals surface area contributed by atoms with E-state index in [0.717, 1.165) is 17.4 Å². The maximum atomic E-state index is 4.39. The van der Waals surface area contributed by atoms with Gasteiger partial charge in [-0.1, -0.05) is 41.4 Å². The van der Waals surface area contributed by atoms with Crippen LogP contribution in [0.25, 0.3) is 11.0 Å². The molecule has 0 saturated carbocycles. The number of nitrogens with zero attached hydrogens (tertiary/aromatic N) is 2. The molecule has 0 N–H and O–H groups in total. The van der Waals surface area contributed by atoms with Crippen LogP contribution in [0.1, 0.15) is 13.3 Å². The average molecular weight is 267 g/mol. The van der Waals surface area contributed by atoms with Gasteiger partial charge in [0.05, 0.1) is 17.4 Å². The summed E-state index contributed by atoms with van der Waals surface area (Å²) in [5.74, 6) is 0.683. The van der Waals surface area contributed by atoms with Crippen molar-refractivity contribution >= 4 is 27.0 Å². The van der Waals surface area contributed by atoms with Crippen molar-refractivity contribution in [3.05, 3.63) is 30.6 Å². The van der Waals surface area contributed by atoms with Gasteiger partial charge in [0.2, 0.25) is 0 Å². The molecular formula is C12H15BrN2. The molecule has 2 aromatic rings. The molecule has 1 heterocycles. The third-order valence-electron chi connectivity index (χ3n) is 2.78. The van der Waals surface area contributed by atoms with E-state index < -0.39 is 0 Å². The summed E-state index contributed by atoms with van der Waals surface area (Å²) in [6.45, 7) is 3.27. The van der Waals surface area contributed by atoms with Crippen molar-refractivity contribution in [1.82, 2.24) is 9.55 Å². The standard InChI is InChI=1S/C12H15BrN2/c1-2-10(7-13)8-15-9-14-11-5-3-4-6-12(11)15/h3-6,9-10H,2,7-8H2,1H3. The number of fused-ring (bicyclic) bond motifs is 1. The average Bonchev–Trinajstić information content (AvgIpc) is 2.69. The topological polar surface area (TPSA) is 17.8 Å². The van der Waals surface area contributed by atoms with Crippen LogP contribution in [-0.4, -0.2) is 14.9 Å². The highest BCUT2D eigenvalue weighted by Crippen LogP contribution is 2.16. The molecule has 1 unspecified atom stereocenters. The number of benzene rings is 1. The molecule has 0 aliphatic rings. The van der Waals surface area contributed by atoms with Crippen molar-refractivity contribution in [1.29, 1.82) is 0 Å². The summed E-state index contributed by atoms with van der Waals surface area (Å²) in [7, 11) is 0. The molecule has 0 bridgehead atoms. The first-order valence-corrected chi connectivity index (χ1v) is 6.43. The number of rotatable bonds is 4. The zero-order valence-electron chi connectivity index (χ0n) is 8.86. The summed E-state index contributed by atoms with van der Waals surface area (Å²) in [5.41, 5.74) is 2.32. The van der Waals surface area contributed by atoms with Crippen LogP contribution in [0.15, 0.2) is 30.6 Å². The van der Waals surface area contributed by atoms with Crippen molar-refractivity contribution < 1.29 is 0 Å². The van der Waals surface area contributed by atoms with Gasteiger partial charge in [0, 0.05) is 11.9 Å². The largest absolute Gasteiger partial charge is 0.330 e. The highest BCUT2D eigenvalue weighted by atomic mass is 79.9. The lowest BCUT2D eigenvalue weighted by Gasteiger charge is -2.12. The molecule has 1 aromatic carbocycles. The van der Waals surface area contributed by atoms with Crippen LogP contribution in [0.4, 0.5) is 0 Å². The van der Waals surface area contributed by atoms with E-state index in [-0.39, 0.29) is 0 Å². The Morgan fingerprint density at radius 1 is 1.40 bits per heavy atom. The van der Waals surface area contributed by atoms with Gasteiger partial charge in [0.1, 0.15) is 0 Å². The van der Waals surface area contributed by atoms with E-state index in [1.165, 1.54) is 11.9 Å². The first kappa shape index (κ1) is 10.7. The molecule has 1 aromatic heterocycles. The van der Waals surface area contributed by atoms with E-state index in [0.29, 0.717) is 5.92 Å². The van der Waals surface area contributed by atoms with E-state index in [9.17, 15) is 0 Å². The first-order chi connectivity index (χ1) is 7.35. The maximum Gasteiger partial charge on any atom is 0.0958 e. The maximum absolute atomic E-state index is 4.39. The molecule has 0 saturated heterocycles. The Kier molecular flexibility index (Phi) is 3.41. The van der Waals surface area contributed by atoms with E-state index in [2.05, 4.69) is 50.6 Å². The van der Waals surface area contributed by atoms with Crippen molar-refractivity contribution in [2.24, 2.45) is 5.92 Å². The normalized spacial score (nSPS) is 13.2. The molecule has 2 rings (SSSR count). The molecule has 0 spiro atoms. The zero-order chi connectivity index (χ0) is 10.7. The van der Waals surface area contributed by atoms with Crippen molar-refractivity contribution in [3.63, 3.8) is 0 Å². The Labute approximate surface area is 98.4 Å². The van der Waals surface area contributed by atoms with Crippen LogP contribution in [0.5, 0.6) is 0 Å². The van der Waals surface area contributed by atoms with Crippen LogP contribution in [0, 0.1) is 5.92 Å². The van der Waals surface area contributed by atoms with E-state index in [4.69, 9.17) is 0 Å². The number of hydrogen-bond acceptors (Lipinski definition) is 1. The predicted molar refractivity (Wildman–Crippen MR) is 67.3 cm³/mol. The molecule has 0 aliphatic carbocycles. The van der Waals surface area contributed by atoms with Gasteiger partial charge >= 0.3 is 0 Å². The van der Waals surface area contributed by atoms with Gasteiger partial charge in [-0.25, -0.2) is 4.98 Å². The zero-order valence-corrected chi connectivity index (χ0v) is 10.4. The third-order valence-corrected chi connectivity index (χ3v) is 3.69. The molecular weight excluding hydrogens is 252 g/mol. The smallest absolute Gasteiger partial charge is 0.0958 e. The van der Waals surface area contributed by atoms with Crippen molar-refractivity contribution in [2.75, 3.05) is 5.33 Å². The fourth-order valence-electron chi connectivity index (χ4n) is 1.72. The van der Waals surface area contributed by atoms with Gasteiger partial charge in [-0.3, -0.25) is 0 Å². The fourth-order valence-corrected chi connectivity index (χ4v) is 2.38. The molecule has 0 aliphatic heterocycles. The molecule has 15 heavy (non-hydrogen) atoms. The van der Waals surface area contributed by atoms with E-state index in [1.54, 1.807) is 0 Å². The van der Waals surface area contributed by atoms with Crippen molar-refractivity contribution in [2.45, 2.75) is 19.9 Å². The second-order valence-corrected chi connectivity index (χ2v) is 4.46. The number of aromatic nitrogens is 2. The van der Waals surface area contributed by atoms with Gasteiger partial charge in [-0.05, 0) is 18.1 Å². The van der Waals surface area contributed by atoms with Crippen molar-refractivity contribution in [3.8, 4) is 0 Å². The summed E-state index contributed by atoms with van der Waals surface area (Å²) in [6.07, 6.45) is 3.13. The van der Waals surface area contributed by atoms with E-state index in [1.807, 2.05) is 12.4 Å². The summed E-state index contributed by atoms with van der Waals surface area (Å²) in [5, 5.41) is 1.05. The Bertz CT molecular complexity index is 432. The molecule has 0 radical (unpaired) electrons. The molecule has 80 valence electrons. The minimum Gasteiger partial charge on any atom is -0.330 e. The van der Waals surface area contributed by atoms with Crippen LogP contribution in [0.2, 0.25) is 0 Å². The van der Waals surface area contributed by atoms with Gasteiger partial charge in [-0.15, -0.1) is 0 Å². The molecule has 3 heteroatoms. The van der Waals surface area contributed by atoms with Gasteiger partial charge in [0.25, 0.3) is 0 Å². The summed E-state index contributed by atoms with van der Waals surface area (Å²) < 4.78 is 2.24. The van der Waals surface area contributed by atoms with Crippen LogP contribution >= 0.6 is 15.9 Å². The second-order valence-electron chi connectivity index (χ2n) is 3.81. The quantitative estimate of drug-likeness (QED) is 0.776. The predicted octanol–water partition coefficient (Wildman–Crippen LogP) is 3.46. The van der Waals surface area contributed by atoms with Crippen LogP contribution in [0.3, 0.4) is 0 Å². The van der Waals surface area contributed by atoms with Crippen LogP contribution in [-0.2, 0) is 6.54 Å². The second kappa shape index (κ2) is 4.79. The number of imidazole rings is 1. The summed E-state index contributed by atoms with van der Waals surface area (Å²) in [4.78, 5) is 4.39. The SMILES string of the molecule is CCC(CBr)Cn1cnc2ccccc21. The molecule has 2 nitrogen and oxygen atoms in total. The minimum absolute atomic E-state index is 0.683. The highest BCUT2D eigenvalue weighted by molar-refractivity contribution is 9.09.